The van der Waals surface area contributed by atoms with Crippen LogP contribution in [0.3, 0.4) is 0 Å². The van der Waals surface area contributed by atoms with Gasteiger partial charge in [0.15, 0.2) is 0 Å². The van der Waals surface area contributed by atoms with Crippen molar-refractivity contribution in [3.63, 3.8) is 0 Å². The van der Waals surface area contributed by atoms with Crippen molar-refractivity contribution in [2.24, 2.45) is 0 Å². The molecule has 0 aliphatic rings. The predicted molar refractivity (Wildman–Crippen MR) is 79.5 cm³/mol. The number of nitrogens with one attached hydrogen (secondary N) is 1. The molecule has 100 valence electrons. The maximum absolute atomic E-state index is 9.36. The fourth-order valence-electron chi connectivity index (χ4n) is 2.08. The van der Waals surface area contributed by atoms with Gasteiger partial charge in [0.25, 0.3) is 0 Å². The first-order valence-electron chi connectivity index (χ1n) is 6.45. The molecule has 0 aliphatic heterocycles. The minimum Gasteiger partial charge on any atom is -0.506 e. The molecule has 2 aromatic carbocycles. The van der Waals surface area contributed by atoms with Crippen molar-refractivity contribution in [3.8, 4) is 5.75 Å². The van der Waals surface area contributed by atoms with E-state index in [0.29, 0.717) is 5.02 Å². The standard InChI is InChI=1S/C16H18ClNO/c1-2-13-5-3-4-6-14(13)11-18-10-12-7-8-16(19)15(17)9-12/h3-9,18-19H,2,10-11H2,1H3. The molecule has 0 saturated heterocycles. The highest BCUT2D eigenvalue weighted by molar-refractivity contribution is 6.32. The van der Waals surface area contributed by atoms with Gasteiger partial charge in [-0.1, -0.05) is 48.9 Å². The summed E-state index contributed by atoms with van der Waals surface area (Å²) in [4.78, 5) is 0. The second kappa shape index (κ2) is 6.60. The van der Waals surface area contributed by atoms with Crippen molar-refractivity contribution in [1.29, 1.82) is 0 Å². The molecule has 0 bridgehead atoms. The molecule has 2 N–H and O–H groups in total. The Bertz CT molecular complexity index is 554. The lowest BCUT2D eigenvalue weighted by atomic mass is 10.1. The van der Waals surface area contributed by atoms with E-state index < -0.39 is 0 Å². The van der Waals surface area contributed by atoms with Gasteiger partial charge in [0.2, 0.25) is 0 Å². The maximum atomic E-state index is 9.36. The number of hydrogen-bond donors (Lipinski definition) is 2. The second-order valence-electron chi connectivity index (χ2n) is 4.51. The molecular weight excluding hydrogens is 258 g/mol. The van der Waals surface area contributed by atoms with Crippen LogP contribution in [0.1, 0.15) is 23.6 Å². The first-order chi connectivity index (χ1) is 9.20. The molecule has 0 spiro atoms. The molecule has 0 unspecified atom stereocenters. The quantitative estimate of drug-likeness (QED) is 0.867. The molecule has 0 atom stereocenters. The van der Waals surface area contributed by atoms with E-state index in [0.717, 1.165) is 25.1 Å². The summed E-state index contributed by atoms with van der Waals surface area (Å²) in [6, 6.07) is 13.7. The molecule has 0 heterocycles. The van der Waals surface area contributed by atoms with Gasteiger partial charge in [0.1, 0.15) is 5.75 Å². The normalized spacial score (nSPS) is 10.6. The van der Waals surface area contributed by atoms with Crippen LogP contribution in [0.2, 0.25) is 5.02 Å². The third kappa shape index (κ3) is 3.72. The van der Waals surface area contributed by atoms with Crippen molar-refractivity contribution in [1.82, 2.24) is 5.32 Å². The van der Waals surface area contributed by atoms with Crippen LogP contribution in [-0.4, -0.2) is 5.11 Å². The van der Waals surface area contributed by atoms with Crippen LogP contribution in [-0.2, 0) is 19.5 Å². The Morgan fingerprint density at radius 2 is 1.79 bits per heavy atom. The van der Waals surface area contributed by atoms with Gasteiger partial charge in [-0.25, -0.2) is 0 Å². The SMILES string of the molecule is CCc1ccccc1CNCc1ccc(O)c(Cl)c1. The number of halogens is 1. The van der Waals surface area contributed by atoms with Gasteiger partial charge in [0.05, 0.1) is 5.02 Å². The molecule has 0 fully saturated rings. The number of phenolic OH excluding ortho intramolecular Hbond substituents is 1. The first kappa shape index (κ1) is 13.9. The molecule has 3 heteroatoms. The van der Waals surface area contributed by atoms with E-state index in [-0.39, 0.29) is 5.75 Å². The summed E-state index contributed by atoms with van der Waals surface area (Å²) in [6.45, 7) is 3.74. The third-order valence-corrected chi connectivity index (χ3v) is 3.46. The van der Waals surface area contributed by atoms with E-state index in [2.05, 4.69) is 36.5 Å². The number of benzene rings is 2. The average Bonchev–Trinajstić information content (AvgIpc) is 2.43. The highest BCUT2D eigenvalue weighted by Gasteiger charge is 2.01. The van der Waals surface area contributed by atoms with Gasteiger partial charge in [0, 0.05) is 13.1 Å². The smallest absolute Gasteiger partial charge is 0.134 e. The summed E-state index contributed by atoms with van der Waals surface area (Å²) in [5, 5.41) is 13.2. The molecule has 19 heavy (non-hydrogen) atoms. The van der Waals surface area contributed by atoms with Crippen LogP contribution in [0.5, 0.6) is 5.75 Å². The van der Waals surface area contributed by atoms with E-state index in [1.807, 2.05) is 6.07 Å². The monoisotopic (exact) mass is 275 g/mol. The number of aryl methyl sites for hydroxylation is 1. The molecule has 2 nitrogen and oxygen atoms in total. The van der Waals surface area contributed by atoms with Crippen LogP contribution in [0, 0.1) is 0 Å². The van der Waals surface area contributed by atoms with Crippen molar-refractivity contribution in [2.75, 3.05) is 0 Å². The average molecular weight is 276 g/mol. The summed E-state index contributed by atoms with van der Waals surface area (Å²) >= 11 is 5.88. The molecule has 0 amide bonds. The van der Waals surface area contributed by atoms with Gasteiger partial charge in [-0.3, -0.25) is 0 Å². The van der Waals surface area contributed by atoms with Crippen LogP contribution in [0.4, 0.5) is 0 Å². The Labute approximate surface area is 119 Å². The van der Waals surface area contributed by atoms with Gasteiger partial charge >= 0.3 is 0 Å². The third-order valence-electron chi connectivity index (χ3n) is 3.16. The van der Waals surface area contributed by atoms with E-state index >= 15 is 0 Å². The van der Waals surface area contributed by atoms with Gasteiger partial charge < -0.3 is 10.4 Å². The van der Waals surface area contributed by atoms with Crippen LogP contribution < -0.4 is 5.32 Å². The Morgan fingerprint density at radius 1 is 1.05 bits per heavy atom. The minimum atomic E-state index is 0.127. The Hall–Kier alpha value is -1.51. The number of rotatable bonds is 5. The minimum absolute atomic E-state index is 0.127. The highest BCUT2D eigenvalue weighted by atomic mass is 35.5. The Morgan fingerprint density at radius 3 is 2.47 bits per heavy atom. The molecule has 0 aliphatic carbocycles. The summed E-state index contributed by atoms with van der Waals surface area (Å²) < 4.78 is 0. The Balaban J connectivity index is 1.94. The molecule has 2 rings (SSSR count). The molecule has 0 radical (unpaired) electrons. The summed E-state index contributed by atoms with van der Waals surface area (Å²) in [6.07, 6.45) is 1.04. The number of phenols is 1. The Kier molecular flexibility index (Phi) is 4.83. The molecule has 2 aromatic rings. The predicted octanol–water partition coefficient (Wildman–Crippen LogP) is 3.90. The number of aromatic hydroxyl groups is 1. The van der Waals surface area contributed by atoms with Crippen molar-refractivity contribution < 1.29 is 5.11 Å². The van der Waals surface area contributed by atoms with E-state index in [4.69, 9.17) is 11.6 Å². The highest BCUT2D eigenvalue weighted by Crippen LogP contribution is 2.23. The van der Waals surface area contributed by atoms with Crippen LogP contribution >= 0.6 is 11.6 Å². The lowest BCUT2D eigenvalue weighted by Crippen LogP contribution is -2.13. The number of hydrogen-bond acceptors (Lipinski definition) is 2. The van der Waals surface area contributed by atoms with Crippen LogP contribution in [0.25, 0.3) is 0 Å². The first-order valence-corrected chi connectivity index (χ1v) is 6.83. The fourth-order valence-corrected chi connectivity index (χ4v) is 2.28. The zero-order valence-electron chi connectivity index (χ0n) is 11.0. The van der Waals surface area contributed by atoms with Crippen molar-refractivity contribution in [2.45, 2.75) is 26.4 Å². The summed E-state index contributed by atoms with van der Waals surface area (Å²) in [5.41, 5.74) is 3.77. The van der Waals surface area contributed by atoms with Crippen molar-refractivity contribution in [3.05, 3.63) is 64.2 Å². The lowest BCUT2D eigenvalue weighted by molar-refractivity contribution is 0.475. The van der Waals surface area contributed by atoms with E-state index in [1.54, 1.807) is 12.1 Å². The zero-order chi connectivity index (χ0) is 13.7. The summed E-state index contributed by atoms with van der Waals surface area (Å²) in [7, 11) is 0. The van der Waals surface area contributed by atoms with Gasteiger partial charge in [-0.05, 0) is 35.2 Å². The van der Waals surface area contributed by atoms with Gasteiger partial charge in [-0.2, -0.15) is 0 Å². The molecule has 0 aromatic heterocycles. The topological polar surface area (TPSA) is 32.3 Å². The summed E-state index contributed by atoms with van der Waals surface area (Å²) in [5.74, 6) is 0.127. The molecule has 0 saturated carbocycles. The largest absolute Gasteiger partial charge is 0.506 e. The van der Waals surface area contributed by atoms with Gasteiger partial charge in [-0.15, -0.1) is 0 Å². The maximum Gasteiger partial charge on any atom is 0.134 e. The lowest BCUT2D eigenvalue weighted by Gasteiger charge is -2.09. The van der Waals surface area contributed by atoms with E-state index in [1.165, 1.54) is 11.1 Å². The zero-order valence-corrected chi connectivity index (χ0v) is 11.7. The van der Waals surface area contributed by atoms with Crippen LogP contribution in [0.15, 0.2) is 42.5 Å². The van der Waals surface area contributed by atoms with E-state index in [9.17, 15) is 5.11 Å². The fraction of sp³-hybridized carbons (Fsp3) is 0.250. The second-order valence-corrected chi connectivity index (χ2v) is 4.92. The van der Waals surface area contributed by atoms with Crippen molar-refractivity contribution >= 4 is 11.6 Å². The molecular formula is C16H18ClNO.